The van der Waals surface area contributed by atoms with Crippen molar-refractivity contribution in [2.75, 3.05) is 32.8 Å². The quantitative estimate of drug-likeness (QED) is 0.766. The van der Waals surface area contributed by atoms with E-state index in [1.54, 1.807) is 4.90 Å². The molecular weight excluding hydrogens is 232 g/mol. The first-order valence-electron chi connectivity index (χ1n) is 6.73. The molecule has 2 atom stereocenters. The molecule has 0 aliphatic carbocycles. The molecule has 1 N–H and O–H groups in total. The topological polar surface area (TPSA) is 50.8 Å². The second kappa shape index (κ2) is 5.45. The van der Waals surface area contributed by atoms with Crippen LogP contribution in [0.3, 0.4) is 0 Å². The maximum atomic E-state index is 11.9. The van der Waals surface area contributed by atoms with Gasteiger partial charge in [-0.2, -0.15) is 0 Å². The lowest BCUT2D eigenvalue weighted by atomic mass is 9.86. The number of amides is 1. The average Bonchev–Trinajstić information content (AvgIpc) is 2.78. The van der Waals surface area contributed by atoms with E-state index in [-0.39, 0.29) is 17.6 Å². The summed E-state index contributed by atoms with van der Waals surface area (Å²) in [7, 11) is 0. The second-order valence-electron chi connectivity index (χ2n) is 6.17. The van der Waals surface area contributed by atoms with Gasteiger partial charge >= 0.3 is 6.09 Å². The summed E-state index contributed by atoms with van der Waals surface area (Å²) >= 11 is 0. The smallest absolute Gasteiger partial charge is 0.410 e. The highest BCUT2D eigenvalue weighted by atomic mass is 16.6. The predicted octanol–water partition coefficient (Wildman–Crippen LogP) is 1.23. The van der Waals surface area contributed by atoms with E-state index >= 15 is 0 Å². The summed E-state index contributed by atoms with van der Waals surface area (Å²) in [4.78, 5) is 13.7. The van der Waals surface area contributed by atoms with E-state index in [0.717, 1.165) is 13.0 Å². The fourth-order valence-electron chi connectivity index (χ4n) is 2.42. The molecule has 5 heteroatoms. The molecule has 0 bridgehead atoms. The fourth-order valence-corrected chi connectivity index (χ4v) is 2.42. The molecule has 2 fully saturated rings. The van der Waals surface area contributed by atoms with Crippen molar-refractivity contribution in [2.45, 2.75) is 39.3 Å². The van der Waals surface area contributed by atoms with Crippen LogP contribution in [0.5, 0.6) is 0 Å². The number of hydrogen-bond acceptors (Lipinski definition) is 4. The first-order chi connectivity index (χ1) is 8.47. The van der Waals surface area contributed by atoms with Gasteiger partial charge < -0.3 is 19.7 Å². The Hall–Kier alpha value is -0.810. The van der Waals surface area contributed by atoms with Crippen molar-refractivity contribution < 1.29 is 14.3 Å². The first kappa shape index (κ1) is 13.6. The summed E-state index contributed by atoms with van der Waals surface area (Å²) in [5.41, 5.74) is 0.208. The Morgan fingerprint density at radius 1 is 1.33 bits per heavy atom. The van der Waals surface area contributed by atoms with Gasteiger partial charge in [0.2, 0.25) is 0 Å². The molecule has 0 aromatic carbocycles. The van der Waals surface area contributed by atoms with Gasteiger partial charge in [0.25, 0.3) is 0 Å². The van der Waals surface area contributed by atoms with Crippen molar-refractivity contribution in [3.05, 3.63) is 0 Å². The van der Waals surface area contributed by atoms with E-state index in [1.807, 2.05) is 0 Å². The molecule has 2 aliphatic heterocycles. The van der Waals surface area contributed by atoms with Gasteiger partial charge in [0.05, 0.1) is 13.2 Å². The van der Waals surface area contributed by atoms with Gasteiger partial charge in [-0.15, -0.1) is 0 Å². The molecule has 0 unspecified atom stereocenters. The molecule has 0 aromatic heterocycles. The number of nitrogens with one attached hydrogen (secondary N) is 1. The summed E-state index contributed by atoms with van der Waals surface area (Å²) in [6.45, 7) is 9.89. The molecule has 104 valence electrons. The van der Waals surface area contributed by atoms with Crippen LogP contribution in [-0.2, 0) is 9.47 Å². The van der Waals surface area contributed by atoms with Crippen molar-refractivity contribution in [3.8, 4) is 0 Å². The van der Waals surface area contributed by atoms with Crippen molar-refractivity contribution in [3.63, 3.8) is 0 Å². The van der Waals surface area contributed by atoms with Gasteiger partial charge in [-0.05, 0) is 5.41 Å². The highest BCUT2D eigenvalue weighted by Gasteiger charge is 2.35. The lowest BCUT2D eigenvalue weighted by Gasteiger charge is -2.28. The van der Waals surface area contributed by atoms with Crippen LogP contribution in [0, 0.1) is 5.41 Å². The van der Waals surface area contributed by atoms with Crippen LogP contribution in [0.25, 0.3) is 0 Å². The van der Waals surface area contributed by atoms with Crippen LogP contribution in [0.4, 0.5) is 4.79 Å². The first-order valence-corrected chi connectivity index (χ1v) is 6.73. The van der Waals surface area contributed by atoms with Crippen LogP contribution in [0.15, 0.2) is 0 Å². The summed E-state index contributed by atoms with van der Waals surface area (Å²) in [5.74, 6) is 0. The van der Waals surface area contributed by atoms with Crippen molar-refractivity contribution in [2.24, 2.45) is 5.41 Å². The normalized spacial score (nSPS) is 29.4. The van der Waals surface area contributed by atoms with E-state index in [9.17, 15) is 4.79 Å². The van der Waals surface area contributed by atoms with Crippen LogP contribution in [-0.4, -0.2) is 56.0 Å². The zero-order chi connectivity index (χ0) is 13.2. The van der Waals surface area contributed by atoms with E-state index in [1.165, 1.54) is 0 Å². The minimum absolute atomic E-state index is 0.00423. The average molecular weight is 256 g/mol. The number of rotatable bonds is 1. The van der Waals surface area contributed by atoms with Gasteiger partial charge in [-0.3, -0.25) is 0 Å². The van der Waals surface area contributed by atoms with Crippen molar-refractivity contribution in [1.82, 2.24) is 10.2 Å². The number of hydrogen-bond donors (Lipinski definition) is 1. The van der Waals surface area contributed by atoms with E-state index in [0.29, 0.717) is 32.3 Å². The molecule has 2 rings (SSSR count). The van der Waals surface area contributed by atoms with Crippen LogP contribution >= 0.6 is 0 Å². The zero-order valence-electron chi connectivity index (χ0n) is 11.6. The third-order valence-electron chi connectivity index (χ3n) is 3.67. The predicted molar refractivity (Wildman–Crippen MR) is 68.5 cm³/mol. The van der Waals surface area contributed by atoms with Crippen molar-refractivity contribution >= 4 is 6.09 Å². The van der Waals surface area contributed by atoms with E-state index in [4.69, 9.17) is 9.47 Å². The molecule has 0 spiro atoms. The van der Waals surface area contributed by atoms with Gasteiger partial charge in [-0.25, -0.2) is 4.79 Å². The Morgan fingerprint density at radius 2 is 2.00 bits per heavy atom. The second-order valence-corrected chi connectivity index (χ2v) is 6.17. The van der Waals surface area contributed by atoms with Crippen molar-refractivity contribution in [1.29, 1.82) is 0 Å². The molecule has 0 radical (unpaired) electrons. The Morgan fingerprint density at radius 3 is 2.56 bits per heavy atom. The number of ether oxygens (including phenoxy) is 2. The largest absolute Gasteiger partial charge is 0.445 e. The molecule has 1 amide bonds. The molecule has 18 heavy (non-hydrogen) atoms. The number of nitrogens with zero attached hydrogens (tertiary/aromatic N) is 1. The molecule has 2 aliphatic rings. The van der Waals surface area contributed by atoms with E-state index in [2.05, 4.69) is 26.1 Å². The summed E-state index contributed by atoms with van der Waals surface area (Å²) < 4.78 is 10.8. The lowest BCUT2D eigenvalue weighted by Crippen LogP contribution is -2.42. The third-order valence-corrected chi connectivity index (χ3v) is 3.67. The molecule has 0 saturated carbocycles. The highest BCUT2D eigenvalue weighted by Crippen LogP contribution is 2.27. The molecule has 2 heterocycles. The van der Waals surface area contributed by atoms with Gasteiger partial charge in [0.15, 0.2) is 0 Å². The summed E-state index contributed by atoms with van der Waals surface area (Å²) in [6, 6.07) is 0.417. The summed E-state index contributed by atoms with van der Waals surface area (Å²) in [5, 5.41) is 3.43. The van der Waals surface area contributed by atoms with Crippen LogP contribution in [0.2, 0.25) is 0 Å². The summed E-state index contributed by atoms with van der Waals surface area (Å²) in [6.07, 6.45) is 0.712. The third kappa shape index (κ3) is 3.36. The Balaban J connectivity index is 1.78. The van der Waals surface area contributed by atoms with Crippen LogP contribution < -0.4 is 5.32 Å². The fraction of sp³-hybridized carbons (Fsp3) is 0.923. The molecule has 2 saturated heterocycles. The van der Waals surface area contributed by atoms with Gasteiger partial charge in [0, 0.05) is 32.1 Å². The highest BCUT2D eigenvalue weighted by molar-refractivity contribution is 5.68. The van der Waals surface area contributed by atoms with Gasteiger partial charge in [0.1, 0.15) is 6.10 Å². The molecule has 0 aromatic rings. The molecular formula is C13H24N2O3. The van der Waals surface area contributed by atoms with Crippen LogP contribution in [0.1, 0.15) is 27.2 Å². The Kier molecular flexibility index (Phi) is 4.12. The maximum Gasteiger partial charge on any atom is 0.410 e. The SMILES string of the molecule is CC(C)(C)[C@@H]1C[C@@H](OC(=O)N2CCOCC2)CN1. The van der Waals surface area contributed by atoms with Gasteiger partial charge in [-0.1, -0.05) is 20.8 Å². The maximum absolute atomic E-state index is 11.9. The number of morpholine rings is 1. The Bertz CT molecular complexity index is 295. The monoisotopic (exact) mass is 256 g/mol. The zero-order valence-corrected chi connectivity index (χ0v) is 11.6. The standard InChI is InChI=1S/C13H24N2O3/c1-13(2,3)11-8-10(9-14-11)18-12(16)15-4-6-17-7-5-15/h10-11,14H,4-9H2,1-3H3/t10-,11+/m1/s1. The molecule has 5 nitrogen and oxygen atoms in total. The van der Waals surface area contributed by atoms with E-state index < -0.39 is 0 Å². The minimum Gasteiger partial charge on any atom is -0.445 e. The minimum atomic E-state index is -0.195. The lowest BCUT2D eigenvalue weighted by molar-refractivity contribution is 0.0149. The number of carbonyl (C=O) groups is 1. The number of carbonyl (C=O) groups excluding carboxylic acids is 1. The Labute approximate surface area is 109 Å².